The quantitative estimate of drug-likeness (QED) is 0.488. The van der Waals surface area contributed by atoms with Crippen LogP contribution in [0.25, 0.3) is 10.2 Å². The molecule has 0 fully saturated rings. The second-order valence-electron chi connectivity index (χ2n) is 6.50. The van der Waals surface area contributed by atoms with E-state index in [1.807, 2.05) is 24.3 Å². The van der Waals surface area contributed by atoms with E-state index >= 15 is 0 Å². The predicted octanol–water partition coefficient (Wildman–Crippen LogP) is 5.42. The van der Waals surface area contributed by atoms with Gasteiger partial charge in [-0.25, -0.2) is 0 Å². The molecule has 142 valence electrons. The van der Waals surface area contributed by atoms with Gasteiger partial charge in [0.25, 0.3) is 5.91 Å². The summed E-state index contributed by atoms with van der Waals surface area (Å²) in [6, 6.07) is 15.5. The van der Waals surface area contributed by atoms with Gasteiger partial charge in [-0.3, -0.25) is 4.79 Å². The molecule has 1 aromatic heterocycles. The number of hydrogen-bond donors (Lipinski definition) is 0. The van der Waals surface area contributed by atoms with E-state index in [0.29, 0.717) is 12.2 Å². The number of aromatic nitrogens is 1. The highest BCUT2D eigenvalue weighted by atomic mass is 32.1. The van der Waals surface area contributed by atoms with Crippen molar-refractivity contribution in [2.75, 3.05) is 6.61 Å². The number of benzene rings is 2. The Morgan fingerprint density at radius 1 is 1.04 bits per heavy atom. The first-order chi connectivity index (χ1) is 13.2. The van der Waals surface area contributed by atoms with Gasteiger partial charge in [0, 0.05) is 12.1 Å². The fourth-order valence-electron chi connectivity index (χ4n) is 2.93. The van der Waals surface area contributed by atoms with E-state index in [-0.39, 0.29) is 5.91 Å². The maximum atomic E-state index is 12.6. The number of nitrogens with zero attached hydrogens (tertiary/aromatic N) is 2. The second kappa shape index (κ2) is 9.51. The minimum Gasteiger partial charge on any atom is -0.494 e. The number of carbonyl (C=O) groups is 1. The third-order valence-corrected chi connectivity index (χ3v) is 5.41. The Labute approximate surface area is 164 Å². The molecule has 0 unspecified atom stereocenters. The molecular weight excluding hydrogens is 356 g/mol. The lowest BCUT2D eigenvalue weighted by Gasteiger charge is -2.06. The maximum Gasteiger partial charge on any atom is 0.279 e. The average Bonchev–Trinajstić information content (AvgIpc) is 3.03. The summed E-state index contributed by atoms with van der Waals surface area (Å²) in [6.45, 7) is 5.86. The lowest BCUT2D eigenvalue weighted by molar-refractivity contribution is 0.0998. The number of para-hydroxylation sites is 1. The molecule has 0 spiro atoms. The van der Waals surface area contributed by atoms with Crippen molar-refractivity contribution >= 4 is 27.5 Å². The van der Waals surface area contributed by atoms with E-state index in [9.17, 15) is 4.79 Å². The van der Waals surface area contributed by atoms with Crippen LogP contribution in [0.3, 0.4) is 0 Å². The van der Waals surface area contributed by atoms with Gasteiger partial charge in [-0.2, -0.15) is 4.99 Å². The highest BCUT2D eigenvalue weighted by Crippen LogP contribution is 2.18. The summed E-state index contributed by atoms with van der Waals surface area (Å²) in [4.78, 5) is 17.8. The first kappa shape index (κ1) is 19.4. The van der Waals surface area contributed by atoms with Crippen molar-refractivity contribution in [1.82, 2.24) is 4.57 Å². The fraction of sp³-hybridized carbons (Fsp3) is 0.364. The van der Waals surface area contributed by atoms with Crippen LogP contribution >= 0.6 is 11.3 Å². The zero-order valence-corrected chi connectivity index (χ0v) is 16.8. The van der Waals surface area contributed by atoms with Gasteiger partial charge in [-0.1, -0.05) is 50.2 Å². The molecule has 2 aromatic carbocycles. The lowest BCUT2D eigenvalue weighted by Crippen LogP contribution is -2.16. The average molecular weight is 383 g/mol. The molecule has 3 aromatic rings. The Morgan fingerprint density at radius 2 is 1.81 bits per heavy atom. The van der Waals surface area contributed by atoms with Crippen molar-refractivity contribution in [2.24, 2.45) is 4.99 Å². The number of ether oxygens (including phenoxy) is 1. The highest BCUT2D eigenvalue weighted by Gasteiger charge is 2.09. The Bertz CT molecular complexity index is 954. The molecule has 0 aliphatic heterocycles. The van der Waals surface area contributed by atoms with E-state index in [2.05, 4.69) is 35.5 Å². The summed E-state index contributed by atoms with van der Waals surface area (Å²) in [5.74, 6) is 0.578. The van der Waals surface area contributed by atoms with Crippen molar-refractivity contribution in [3.8, 4) is 5.75 Å². The van der Waals surface area contributed by atoms with Gasteiger partial charge < -0.3 is 9.30 Å². The molecule has 27 heavy (non-hydrogen) atoms. The Kier molecular flexibility index (Phi) is 6.82. The first-order valence-electron chi connectivity index (χ1n) is 9.63. The van der Waals surface area contributed by atoms with Crippen molar-refractivity contribution < 1.29 is 9.53 Å². The van der Waals surface area contributed by atoms with Crippen LogP contribution in [0.2, 0.25) is 0 Å². The van der Waals surface area contributed by atoms with Gasteiger partial charge in [-0.15, -0.1) is 0 Å². The third-order valence-electron chi connectivity index (χ3n) is 4.35. The number of amides is 1. The van der Waals surface area contributed by atoms with Crippen molar-refractivity contribution in [1.29, 1.82) is 0 Å². The van der Waals surface area contributed by atoms with Crippen LogP contribution in [0.1, 0.15) is 49.9 Å². The fourth-order valence-corrected chi connectivity index (χ4v) is 3.99. The minimum absolute atomic E-state index is 0.219. The van der Waals surface area contributed by atoms with E-state index in [1.54, 1.807) is 23.5 Å². The summed E-state index contributed by atoms with van der Waals surface area (Å²) < 4.78 is 8.98. The zero-order valence-electron chi connectivity index (χ0n) is 16.0. The summed E-state index contributed by atoms with van der Waals surface area (Å²) in [7, 11) is 0. The van der Waals surface area contributed by atoms with Crippen molar-refractivity contribution in [3.63, 3.8) is 0 Å². The number of unbranched alkanes of at least 4 members (excludes halogenated alkanes) is 2. The van der Waals surface area contributed by atoms with Crippen LogP contribution < -0.4 is 9.54 Å². The van der Waals surface area contributed by atoms with Gasteiger partial charge >= 0.3 is 0 Å². The zero-order chi connectivity index (χ0) is 19.1. The van der Waals surface area contributed by atoms with Gasteiger partial charge in [0.15, 0.2) is 4.80 Å². The van der Waals surface area contributed by atoms with Gasteiger partial charge in [0.2, 0.25) is 0 Å². The molecule has 0 bridgehead atoms. The van der Waals surface area contributed by atoms with E-state index in [0.717, 1.165) is 40.2 Å². The molecule has 0 saturated heterocycles. The summed E-state index contributed by atoms with van der Waals surface area (Å²) in [5, 5.41) is 0. The van der Waals surface area contributed by atoms with E-state index in [1.165, 1.54) is 12.8 Å². The smallest absolute Gasteiger partial charge is 0.279 e. The van der Waals surface area contributed by atoms with Gasteiger partial charge in [0.05, 0.1) is 16.8 Å². The van der Waals surface area contributed by atoms with Crippen LogP contribution in [0.4, 0.5) is 0 Å². The predicted molar refractivity (Wildman–Crippen MR) is 111 cm³/mol. The molecule has 0 aliphatic rings. The van der Waals surface area contributed by atoms with Crippen LogP contribution in [0.15, 0.2) is 53.5 Å². The molecule has 0 N–H and O–H groups in total. The molecule has 0 aliphatic carbocycles. The summed E-state index contributed by atoms with van der Waals surface area (Å²) in [6.07, 6.45) is 4.39. The number of aryl methyl sites for hydroxylation is 1. The molecule has 0 atom stereocenters. The van der Waals surface area contributed by atoms with Crippen LogP contribution in [-0.2, 0) is 6.54 Å². The Morgan fingerprint density at radius 3 is 2.56 bits per heavy atom. The summed E-state index contributed by atoms with van der Waals surface area (Å²) in [5.41, 5.74) is 1.71. The highest BCUT2D eigenvalue weighted by molar-refractivity contribution is 7.16. The number of thiazole rings is 1. The topological polar surface area (TPSA) is 43.6 Å². The summed E-state index contributed by atoms with van der Waals surface area (Å²) >= 11 is 1.56. The SMILES string of the molecule is CCCCCOc1ccc(C(=O)N=c2sc3ccccc3n2CCC)cc1. The minimum atomic E-state index is -0.219. The largest absolute Gasteiger partial charge is 0.494 e. The molecule has 3 rings (SSSR count). The first-order valence-corrected chi connectivity index (χ1v) is 10.4. The molecule has 5 heteroatoms. The van der Waals surface area contributed by atoms with Crippen molar-refractivity contribution in [3.05, 3.63) is 58.9 Å². The van der Waals surface area contributed by atoms with Crippen LogP contribution in [0.5, 0.6) is 5.75 Å². The number of carbonyl (C=O) groups excluding carboxylic acids is 1. The van der Waals surface area contributed by atoms with Gasteiger partial charge in [-0.05, 0) is 49.2 Å². The molecule has 4 nitrogen and oxygen atoms in total. The molecule has 0 radical (unpaired) electrons. The molecular formula is C22H26N2O2S. The van der Waals surface area contributed by atoms with E-state index < -0.39 is 0 Å². The van der Waals surface area contributed by atoms with E-state index in [4.69, 9.17) is 4.74 Å². The van der Waals surface area contributed by atoms with Crippen LogP contribution in [-0.4, -0.2) is 17.1 Å². The van der Waals surface area contributed by atoms with Crippen molar-refractivity contribution in [2.45, 2.75) is 46.1 Å². The number of hydrogen-bond acceptors (Lipinski definition) is 3. The Balaban J connectivity index is 1.80. The molecule has 1 heterocycles. The molecule has 1 amide bonds. The Hall–Kier alpha value is -2.40. The van der Waals surface area contributed by atoms with Gasteiger partial charge in [0.1, 0.15) is 5.75 Å². The monoisotopic (exact) mass is 382 g/mol. The maximum absolute atomic E-state index is 12.6. The van der Waals surface area contributed by atoms with Crippen LogP contribution in [0, 0.1) is 0 Å². The normalized spacial score (nSPS) is 11.9. The number of rotatable bonds is 8. The molecule has 0 saturated carbocycles. The lowest BCUT2D eigenvalue weighted by atomic mass is 10.2. The third kappa shape index (κ3) is 4.86. The number of fused-ring (bicyclic) bond motifs is 1. The second-order valence-corrected chi connectivity index (χ2v) is 7.51. The standard InChI is InChI=1S/C22H26N2O2S/c1-3-5-8-16-26-18-13-11-17(12-14-18)21(25)23-22-24(15-4-2)19-9-6-7-10-20(19)27-22/h6-7,9-14H,3-5,8,15-16H2,1-2H3.